The van der Waals surface area contributed by atoms with Gasteiger partial charge < -0.3 is 0 Å². The average Bonchev–Trinajstić information content (AvgIpc) is 2.22. The molecule has 0 aromatic heterocycles. The summed E-state index contributed by atoms with van der Waals surface area (Å²) < 4.78 is 0. The molecule has 0 fully saturated rings. The van der Waals surface area contributed by atoms with E-state index in [1.165, 1.54) is 19.3 Å². The fourth-order valence-electron chi connectivity index (χ4n) is 1.35. The van der Waals surface area contributed by atoms with E-state index in [2.05, 4.69) is 42.5 Å². The van der Waals surface area contributed by atoms with Crippen molar-refractivity contribution in [1.82, 2.24) is 0 Å². The van der Waals surface area contributed by atoms with Gasteiger partial charge in [-0.05, 0) is 44.6 Å². The maximum atomic E-state index is 3.25. The summed E-state index contributed by atoms with van der Waals surface area (Å²) >= 11 is 0. The molecule has 0 nitrogen and oxygen atoms in total. The van der Waals surface area contributed by atoms with Crippen molar-refractivity contribution in [3.05, 3.63) is 48.6 Å². The van der Waals surface area contributed by atoms with Crippen LogP contribution in [0.2, 0.25) is 0 Å². The van der Waals surface area contributed by atoms with Crippen LogP contribution >= 0.6 is 0 Å². The van der Waals surface area contributed by atoms with Crippen LogP contribution in [0, 0.1) is 6.08 Å². The molecule has 0 saturated heterocycles. The van der Waals surface area contributed by atoms with Crippen LogP contribution in [0.3, 0.4) is 0 Å². The summed E-state index contributed by atoms with van der Waals surface area (Å²) in [7, 11) is 0. The van der Waals surface area contributed by atoms with Crippen molar-refractivity contribution < 1.29 is 0 Å². The average molecular weight is 187 g/mol. The highest BCUT2D eigenvalue weighted by atomic mass is 13.9. The lowest BCUT2D eigenvalue weighted by atomic mass is 10.2. The molecule has 0 heteroatoms. The van der Waals surface area contributed by atoms with Gasteiger partial charge in [-0.25, -0.2) is 0 Å². The van der Waals surface area contributed by atoms with Crippen LogP contribution in [0.15, 0.2) is 42.5 Å². The van der Waals surface area contributed by atoms with E-state index in [4.69, 9.17) is 0 Å². The Morgan fingerprint density at radius 3 is 2.50 bits per heavy atom. The standard InChI is InChI=1S/C14H19/c1-2-4-6-8-10-12-14-13-11-9-7-5-3-1/h1-3,6,8,11,13H,4,7,9-10,12,14H2/b2-1-,5-3?,8-6+,13-11-. The number of hydrogen-bond donors (Lipinski definition) is 0. The van der Waals surface area contributed by atoms with E-state index >= 15 is 0 Å². The van der Waals surface area contributed by atoms with Gasteiger partial charge in [-0.2, -0.15) is 0 Å². The van der Waals surface area contributed by atoms with E-state index in [0.29, 0.717) is 0 Å². The smallest absolute Gasteiger partial charge is 0.0166 e. The van der Waals surface area contributed by atoms with Gasteiger partial charge in [-0.15, -0.1) is 0 Å². The van der Waals surface area contributed by atoms with Crippen molar-refractivity contribution in [1.29, 1.82) is 0 Å². The predicted octanol–water partition coefficient (Wildman–Crippen LogP) is 4.37. The lowest BCUT2D eigenvalue weighted by molar-refractivity contribution is 0.859. The minimum Gasteiger partial charge on any atom is -0.0885 e. The predicted molar refractivity (Wildman–Crippen MR) is 62.9 cm³/mol. The third-order valence-corrected chi connectivity index (χ3v) is 2.15. The summed E-state index contributed by atoms with van der Waals surface area (Å²) in [4.78, 5) is 0. The largest absolute Gasteiger partial charge is 0.0885 e. The van der Waals surface area contributed by atoms with Gasteiger partial charge in [-0.3, -0.25) is 0 Å². The van der Waals surface area contributed by atoms with Crippen LogP contribution in [0.4, 0.5) is 0 Å². The molecule has 0 atom stereocenters. The summed E-state index contributed by atoms with van der Waals surface area (Å²) in [5, 5.41) is 0. The van der Waals surface area contributed by atoms with Crippen LogP contribution < -0.4 is 0 Å². The lowest BCUT2D eigenvalue weighted by Crippen LogP contribution is -1.71. The molecule has 0 spiro atoms. The summed E-state index contributed by atoms with van der Waals surface area (Å²) in [5.74, 6) is 0. The monoisotopic (exact) mass is 187 g/mol. The Morgan fingerprint density at radius 2 is 1.57 bits per heavy atom. The van der Waals surface area contributed by atoms with Gasteiger partial charge in [0.25, 0.3) is 0 Å². The Labute approximate surface area is 87.7 Å². The first kappa shape index (κ1) is 11.0. The van der Waals surface area contributed by atoms with Crippen LogP contribution in [0.5, 0.6) is 0 Å². The highest BCUT2D eigenvalue weighted by Crippen LogP contribution is 2.02. The first-order chi connectivity index (χ1) is 7.00. The molecular formula is C14H19. The Bertz CT molecular complexity index is 228. The summed E-state index contributed by atoms with van der Waals surface area (Å²) in [6, 6.07) is 0. The van der Waals surface area contributed by atoms with Crippen LogP contribution in [-0.2, 0) is 0 Å². The minimum absolute atomic E-state index is 1.04. The first-order valence-electron chi connectivity index (χ1n) is 5.52. The van der Waals surface area contributed by atoms with Gasteiger partial charge in [0, 0.05) is 0 Å². The third kappa shape index (κ3) is 6.47. The zero-order valence-corrected chi connectivity index (χ0v) is 8.78. The minimum atomic E-state index is 1.04. The van der Waals surface area contributed by atoms with E-state index in [1.54, 1.807) is 0 Å². The number of rotatable bonds is 0. The molecule has 0 aromatic rings. The van der Waals surface area contributed by atoms with Crippen molar-refractivity contribution in [2.45, 2.75) is 38.5 Å². The molecule has 0 aromatic carbocycles. The molecule has 1 aliphatic rings. The molecule has 1 radical (unpaired) electrons. The van der Waals surface area contributed by atoms with Gasteiger partial charge >= 0.3 is 0 Å². The zero-order valence-electron chi connectivity index (χ0n) is 8.78. The van der Waals surface area contributed by atoms with E-state index in [9.17, 15) is 0 Å². The fraction of sp³-hybridized carbons (Fsp3) is 0.429. The van der Waals surface area contributed by atoms with Crippen LogP contribution in [0.1, 0.15) is 38.5 Å². The Hall–Kier alpha value is -1.04. The number of allylic oxidation sites excluding steroid dienone is 8. The highest BCUT2D eigenvalue weighted by Gasteiger charge is 1.82. The van der Waals surface area contributed by atoms with E-state index in [1.807, 2.05) is 6.08 Å². The first-order valence-corrected chi connectivity index (χ1v) is 5.52. The second-order valence-electron chi connectivity index (χ2n) is 3.45. The summed E-state index contributed by atoms with van der Waals surface area (Å²) in [5.41, 5.74) is 0. The molecule has 1 aliphatic carbocycles. The third-order valence-electron chi connectivity index (χ3n) is 2.15. The molecule has 0 bridgehead atoms. The summed E-state index contributed by atoms with van der Waals surface area (Å²) in [6.45, 7) is 0. The Morgan fingerprint density at radius 1 is 0.786 bits per heavy atom. The number of hydrogen-bond acceptors (Lipinski definition) is 0. The zero-order chi connectivity index (χ0) is 9.90. The van der Waals surface area contributed by atoms with Crippen molar-refractivity contribution in [3.8, 4) is 0 Å². The molecule has 14 heavy (non-hydrogen) atoms. The van der Waals surface area contributed by atoms with Gasteiger partial charge in [0.15, 0.2) is 0 Å². The van der Waals surface area contributed by atoms with Crippen molar-refractivity contribution in [2.24, 2.45) is 0 Å². The maximum absolute atomic E-state index is 3.25. The normalized spacial score (nSPS) is 28.6. The van der Waals surface area contributed by atoms with Crippen LogP contribution in [0.25, 0.3) is 0 Å². The summed E-state index contributed by atoms with van der Waals surface area (Å²) in [6.07, 6.45) is 25.5. The lowest BCUT2D eigenvalue weighted by Gasteiger charge is -1.91. The molecule has 0 N–H and O–H groups in total. The van der Waals surface area contributed by atoms with Crippen molar-refractivity contribution >= 4 is 0 Å². The van der Waals surface area contributed by atoms with Gasteiger partial charge in [0.05, 0.1) is 0 Å². The van der Waals surface area contributed by atoms with Crippen molar-refractivity contribution in [2.75, 3.05) is 0 Å². The molecule has 75 valence electrons. The molecule has 0 amide bonds. The van der Waals surface area contributed by atoms with E-state index in [0.717, 1.165) is 19.3 Å². The molecular weight excluding hydrogens is 168 g/mol. The van der Waals surface area contributed by atoms with E-state index < -0.39 is 0 Å². The molecule has 0 saturated carbocycles. The molecule has 0 aliphatic heterocycles. The van der Waals surface area contributed by atoms with Gasteiger partial charge in [0.2, 0.25) is 0 Å². The van der Waals surface area contributed by atoms with Crippen LogP contribution in [-0.4, -0.2) is 0 Å². The topological polar surface area (TPSA) is 0 Å². The molecule has 0 heterocycles. The Kier molecular flexibility index (Phi) is 6.74. The quantitative estimate of drug-likeness (QED) is 0.494. The Balaban J connectivity index is 2.35. The maximum Gasteiger partial charge on any atom is -0.0166 e. The van der Waals surface area contributed by atoms with E-state index in [-0.39, 0.29) is 0 Å². The highest BCUT2D eigenvalue weighted by molar-refractivity contribution is 5.03. The van der Waals surface area contributed by atoms with Crippen molar-refractivity contribution in [3.63, 3.8) is 0 Å². The fourth-order valence-corrected chi connectivity index (χ4v) is 1.35. The second kappa shape index (κ2) is 8.55. The molecule has 0 unspecified atom stereocenters. The van der Waals surface area contributed by atoms with Gasteiger partial charge in [0.1, 0.15) is 0 Å². The van der Waals surface area contributed by atoms with Gasteiger partial charge in [-0.1, -0.05) is 42.5 Å². The second-order valence-corrected chi connectivity index (χ2v) is 3.45. The SMILES string of the molecule is [C]1=C/C=C\C/C=C/CCC/C=C\CC/1. The molecule has 1 rings (SSSR count).